The molecule has 0 aromatic carbocycles. The first-order valence-electron chi connectivity index (χ1n) is 4.85. The Kier molecular flexibility index (Phi) is 5.28. The van der Waals surface area contributed by atoms with Crippen LogP contribution >= 0.6 is 27.3 Å². The zero-order valence-corrected chi connectivity index (χ0v) is 11.3. The van der Waals surface area contributed by atoms with Crippen LogP contribution in [-0.4, -0.2) is 19.0 Å². The predicted molar refractivity (Wildman–Crippen MR) is 67.1 cm³/mol. The maximum atomic E-state index is 11.1. The highest BCUT2D eigenvalue weighted by atomic mass is 79.9. The number of halogens is 1. The zero-order valence-electron chi connectivity index (χ0n) is 8.89. The molecule has 0 unspecified atom stereocenters. The summed E-state index contributed by atoms with van der Waals surface area (Å²) in [5.74, 6) is 0.0462. The van der Waals surface area contributed by atoms with Crippen molar-refractivity contribution in [2.45, 2.75) is 20.4 Å². The van der Waals surface area contributed by atoms with Crippen molar-refractivity contribution < 1.29 is 4.79 Å². The Balaban J connectivity index is 2.28. The third-order valence-electron chi connectivity index (χ3n) is 1.87. The van der Waals surface area contributed by atoms with E-state index in [4.69, 9.17) is 0 Å². The van der Waals surface area contributed by atoms with Crippen LogP contribution in [0.1, 0.15) is 16.7 Å². The van der Waals surface area contributed by atoms with Crippen LogP contribution in [0.15, 0.2) is 10.5 Å². The Morgan fingerprint density at radius 2 is 2.33 bits per heavy atom. The number of hydrogen-bond acceptors (Lipinski definition) is 3. The van der Waals surface area contributed by atoms with Gasteiger partial charge in [-0.3, -0.25) is 4.79 Å². The van der Waals surface area contributed by atoms with Gasteiger partial charge in [-0.25, -0.2) is 0 Å². The lowest BCUT2D eigenvalue weighted by Gasteiger charge is -2.02. The number of nitrogens with one attached hydrogen (secondary N) is 2. The number of thiophene rings is 1. The molecule has 0 aliphatic rings. The second-order valence-electron chi connectivity index (χ2n) is 3.17. The first-order chi connectivity index (χ1) is 7.13. The molecule has 0 aliphatic carbocycles. The van der Waals surface area contributed by atoms with Gasteiger partial charge in [0.1, 0.15) is 0 Å². The molecular weight excluding hydrogens is 276 g/mol. The maximum absolute atomic E-state index is 11.1. The van der Waals surface area contributed by atoms with Gasteiger partial charge < -0.3 is 10.6 Å². The quantitative estimate of drug-likeness (QED) is 0.871. The number of amides is 1. The van der Waals surface area contributed by atoms with Gasteiger partial charge in [0.2, 0.25) is 5.91 Å². The van der Waals surface area contributed by atoms with E-state index in [9.17, 15) is 4.79 Å². The Morgan fingerprint density at radius 1 is 1.60 bits per heavy atom. The summed E-state index contributed by atoms with van der Waals surface area (Å²) in [6.07, 6.45) is 0. The molecule has 0 atom stereocenters. The fraction of sp³-hybridized carbons (Fsp3) is 0.500. The molecule has 5 heteroatoms. The summed E-state index contributed by atoms with van der Waals surface area (Å²) >= 11 is 5.20. The van der Waals surface area contributed by atoms with Crippen LogP contribution in [0, 0.1) is 6.92 Å². The third kappa shape index (κ3) is 4.32. The van der Waals surface area contributed by atoms with Crippen molar-refractivity contribution in [2.75, 3.05) is 13.1 Å². The van der Waals surface area contributed by atoms with Gasteiger partial charge in [0.25, 0.3) is 0 Å². The Bertz CT molecular complexity index is 319. The molecule has 0 spiro atoms. The molecule has 3 nitrogen and oxygen atoms in total. The standard InChI is InChI=1S/C10H15BrN2OS/c1-3-13-10(14)6-12-5-8-4-9(11)7(2)15-8/h4,12H,3,5-6H2,1-2H3,(H,13,14). The smallest absolute Gasteiger partial charge is 0.233 e. The minimum atomic E-state index is 0.0462. The minimum Gasteiger partial charge on any atom is -0.355 e. The van der Waals surface area contributed by atoms with E-state index in [1.54, 1.807) is 11.3 Å². The van der Waals surface area contributed by atoms with Crippen LogP contribution in [0.4, 0.5) is 0 Å². The van der Waals surface area contributed by atoms with Gasteiger partial charge in [0, 0.05) is 27.3 Å². The van der Waals surface area contributed by atoms with Crippen LogP contribution < -0.4 is 10.6 Å². The van der Waals surface area contributed by atoms with Crippen molar-refractivity contribution in [1.29, 1.82) is 0 Å². The Labute approximate surface area is 102 Å². The second-order valence-corrected chi connectivity index (χ2v) is 5.37. The van der Waals surface area contributed by atoms with Crippen molar-refractivity contribution in [3.63, 3.8) is 0 Å². The van der Waals surface area contributed by atoms with Crippen LogP contribution in [0.25, 0.3) is 0 Å². The lowest BCUT2D eigenvalue weighted by atomic mass is 10.4. The average molecular weight is 291 g/mol. The highest BCUT2D eigenvalue weighted by Gasteiger charge is 2.03. The van der Waals surface area contributed by atoms with E-state index in [0.29, 0.717) is 13.1 Å². The Hall–Kier alpha value is -0.390. The maximum Gasteiger partial charge on any atom is 0.233 e. The van der Waals surface area contributed by atoms with E-state index in [0.717, 1.165) is 11.0 Å². The van der Waals surface area contributed by atoms with E-state index in [1.165, 1.54) is 9.75 Å². The molecule has 0 bridgehead atoms. The first-order valence-corrected chi connectivity index (χ1v) is 6.46. The predicted octanol–water partition coefficient (Wildman–Crippen LogP) is 2.04. The second kappa shape index (κ2) is 6.25. The van der Waals surface area contributed by atoms with Crippen molar-refractivity contribution in [2.24, 2.45) is 0 Å². The van der Waals surface area contributed by atoms with Gasteiger partial charge in [-0.1, -0.05) is 0 Å². The molecule has 0 saturated carbocycles. The summed E-state index contributed by atoms with van der Waals surface area (Å²) in [6, 6.07) is 2.09. The summed E-state index contributed by atoms with van der Waals surface area (Å²) in [5.41, 5.74) is 0. The van der Waals surface area contributed by atoms with Crippen LogP contribution in [0.2, 0.25) is 0 Å². The molecule has 1 rings (SSSR count). The van der Waals surface area contributed by atoms with E-state index in [2.05, 4.69) is 39.6 Å². The highest BCUT2D eigenvalue weighted by molar-refractivity contribution is 9.10. The van der Waals surface area contributed by atoms with E-state index < -0.39 is 0 Å². The molecule has 0 fully saturated rings. The lowest BCUT2D eigenvalue weighted by Crippen LogP contribution is -2.33. The number of hydrogen-bond donors (Lipinski definition) is 2. The Morgan fingerprint density at radius 3 is 2.87 bits per heavy atom. The normalized spacial score (nSPS) is 10.3. The van der Waals surface area contributed by atoms with E-state index in [1.807, 2.05) is 6.92 Å². The summed E-state index contributed by atoms with van der Waals surface area (Å²) < 4.78 is 1.14. The molecule has 1 amide bonds. The van der Waals surface area contributed by atoms with Gasteiger partial charge >= 0.3 is 0 Å². The topological polar surface area (TPSA) is 41.1 Å². The van der Waals surface area contributed by atoms with E-state index in [-0.39, 0.29) is 5.91 Å². The molecule has 84 valence electrons. The molecule has 0 saturated heterocycles. The van der Waals surface area contributed by atoms with Gasteiger partial charge in [0.15, 0.2) is 0 Å². The molecule has 1 aromatic heterocycles. The summed E-state index contributed by atoms with van der Waals surface area (Å²) in [7, 11) is 0. The molecule has 0 radical (unpaired) electrons. The van der Waals surface area contributed by atoms with Crippen molar-refractivity contribution in [1.82, 2.24) is 10.6 Å². The molecule has 15 heavy (non-hydrogen) atoms. The van der Waals surface area contributed by atoms with Gasteiger partial charge in [-0.15, -0.1) is 11.3 Å². The number of likely N-dealkylation sites (N-methyl/N-ethyl adjacent to an activating group) is 1. The molecule has 1 heterocycles. The van der Waals surface area contributed by atoms with Crippen molar-refractivity contribution in [3.05, 3.63) is 20.3 Å². The SMILES string of the molecule is CCNC(=O)CNCc1cc(Br)c(C)s1. The lowest BCUT2D eigenvalue weighted by molar-refractivity contribution is -0.120. The number of carbonyl (C=O) groups excluding carboxylic acids is 1. The van der Waals surface area contributed by atoms with Gasteiger partial charge in [-0.05, 0) is 35.8 Å². The van der Waals surface area contributed by atoms with Gasteiger partial charge in [0.05, 0.1) is 6.54 Å². The molecule has 2 N–H and O–H groups in total. The molecule has 1 aromatic rings. The van der Waals surface area contributed by atoms with Crippen molar-refractivity contribution >= 4 is 33.2 Å². The number of rotatable bonds is 5. The highest BCUT2D eigenvalue weighted by Crippen LogP contribution is 2.25. The average Bonchev–Trinajstić information content (AvgIpc) is 2.46. The molecule has 0 aliphatic heterocycles. The van der Waals surface area contributed by atoms with Crippen LogP contribution in [0.5, 0.6) is 0 Å². The monoisotopic (exact) mass is 290 g/mol. The fourth-order valence-electron chi connectivity index (χ4n) is 1.16. The van der Waals surface area contributed by atoms with Gasteiger partial charge in [-0.2, -0.15) is 0 Å². The first kappa shape index (κ1) is 12.7. The zero-order chi connectivity index (χ0) is 11.3. The summed E-state index contributed by atoms with van der Waals surface area (Å²) in [4.78, 5) is 13.6. The van der Waals surface area contributed by atoms with E-state index >= 15 is 0 Å². The van der Waals surface area contributed by atoms with Crippen LogP contribution in [-0.2, 0) is 11.3 Å². The van der Waals surface area contributed by atoms with Crippen molar-refractivity contribution in [3.8, 4) is 0 Å². The third-order valence-corrected chi connectivity index (χ3v) is 4.00. The largest absolute Gasteiger partial charge is 0.355 e. The van der Waals surface area contributed by atoms with Crippen LogP contribution in [0.3, 0.4) is 0 Å². The summed E-state index contributed by atoms with van der Waals surface area (Å²) in [5, 5.41) is 5.85. The fourth-order valence-corrected chi connectivity index (χ4v) is 2.74. The summed E-state index contributed by atoms with van der Waals surface area (Å²) in [6.45, 7) is 5.79. The minimum absolute atomic E-state index is 0.0462. The molecular formula is C10H15BrN2OS. The number of carbonyl (C=O) groups is 1. The number of aryl methyl sites for hydroxylation is 1.